The van der Waals surface area contributed by atoms with Gasteiger partial charge in [0.2, 0.25) is 11.8 Å². The standard InChI is InChI=1S/C18H24N4O2/c1-15(23)13-21-9-11-22(12-10-21)18-19-8-7-17(20-18)24-14-16-5-3-2-4-6-16/h2-8,15,23H,9-14H2,1H3/t15-/m1/s1. The fourth-order valence-corrected chi connectivity index (χ4v) is 2.80. The normalized spacial score (nSPS) is 16.8. The van der Waals surface area contributed by atoms with E-state index in [1.54, 1.807) is 12.3 Å². The van der Waals surface area contributed by atoms with Crippen LogP contribution in [0.3, 0.4) is 0 Å². The van der Waals surface area contributed by atoms with Gasteiger partial charge in [0.15, 0.2) is 0 Å². The van der Waals surface area contributed by atoms with Gasteiger partial charge in [0.25, 0.3) is 0 Å². The van der Waals surface area contributed by atoms with Crippen LogP contribution in [0.2, 0.25) is 0 Å². The van der Waals surface area contributed by atoms with E-state index in [1.807, 2.05) is 37.3 Å². The monoisotopic (exact) mass is 328 g/mol. The van der Waals surface area contributed by atoms with E-state index >= 15 is 0 Å². The second-order valence-corrected chi connectivity index (χ2v) is 6.11. The molecule has 1 aliphatic heterocycles. The molecule has 2 heterocycles. The summed E-state index contributed by atoms with van der Waals surface area (Å²) in [6.07, 6.45) is 1.45. The van der Waals surface area contributed by atoms with E-state index in [4.69, 9.17) is 4.74 Å². The molecule has 1 aromatic carbocycles. The molecule has 1 N–H and O–H groups in total. The fraction of sp³-hybridized carbons (Fsp3) is 0.444. The first-order valence-corrected chi connectivity index (χ1v) is 8.36. The summed E-state index contributed by atoms with van der Waals surface area (Å²) in [4.78, 5) is 13.3. The highest BCUT2D eigenvalue weighted by atomic mass is 16.5. The Balaban J connectivity index is 1.56. The van der Waals surface area contributed by atoms with Crippen molar-refractivity contribution in [2.24, 2.45) is 0 Å². The highest BCUT2D eigenvalue weighted by Crippen LogP contribution is 2.16. The number of aromatic nitrogens is 2. The third-order valence-corrected chi connectivity index (χ3v) is 4.02. The molecular formula is C18H24N4O2. The molecule has 0 saturated carbocycles. The summed E-state index contributed by atoms with van der Waals surface area (Å²) in [6.45, 7) is 6.56. The molecule has 2 aromatic rings. The van der Waals surface area contributed by atoms with Crippen LogP contribution in [0.1, 0.15) is 12.5 Å². The largest absolute Gasteiger partial charge is 0.473 e. The van der Waals surface area contributed by atoms with E-state index in [1.165, 1.54) is 0 Å². The summed E-state index contributed by atoms with van der Waals surface area (Å²) in [5, 5.41) is 9.48. The minimum Gasteiger partial charge on any atom is -0.473 e. The van der Waals surface area contributed by atoms with E-state index in [9.17, 15) is 5.11 Å². The summed E-state index contributed by atoms with van der Waals surface area (Å²) in [5.74, 6) is 1.30. The van der Waals surface area contributed by atoms with Crippen LogP contribution < -0.4 is 9.64 Å². The first-order valence-electron chi connectivity index (χ1n) is 8.36. The third-order valence-electron chi connectivity index (χ3n) is 4.02. The molecule has 3 rings (SSSR count). The molecule has 1 atom stereocenters. The molecule has 0 spiro atoms. The van der Waals surface area contributed by atoms with E-state index < -0.39 is 0 Å². The lowest BCUT2D eigenvalue weighted by molar-refractivity contribution is 0.122. The van der Waals surface area contributed by atoms with Crippen molar-refractivity contribution in [3.8, 4) is 5.88 Å². The van der Waals surface area contributed by atoms with Gasteiger partial charge >= 0.3 is 0 Å². The molecule has 6 heteroatoms. The van der Waals surface area contributed by atoms with Gasteiger partial charge in [-0.25, -0.2) is 4.98 Å². The highest BCUT2D eigenvalue weighted by Gasteiger charge is 2.20. The van der Waals surface area contributed by atoms with E-state index in [-0.39, 0.29) is 6.10 Å². The summed E-state index contributed by atoms with van der Waals surface area (Å²) in [6, 6.07) is 11.8. The predicted octanol–water partition coefficient (Wildman–Crippen LogP) is 1.56. The van der Waals surface area contributed by atoms with Gasteiger partial charge in [-0.15, -0.1) is 0 Å². The van der Waals surface area contributed by atoms with Gasteiger partial charge in [-0.2, -0.15) is 4.98 Å². The average Bonchev–Trinajstić information content (AvgIpc) is 2.61. The Morgan fingerprint density at radius 2 is 1.88 bits per heavy atom. The van der Waals surface area contributed by atoms with E-state index in [0.29, 0.717) is 18.4 Å². The first kappa shape index (κ1) is 16.7. The van der Waals surface area contributed by atoms with Crippen LogP contribution in [0, 0.1) is 0 Å². The van der Waals surface area contributed by atoms with Crippen molar-refractivity contribution in [3.05, 3.63) is 48.2 Å². The number of piperazine rings is 1. The van der Waals surface area contributed by atoms with Crippen molar-refractivity contribution in [1.82, 2.24) is 14.9 Å². The number of nitrogens with zero attached hydrogens (tertiary/aromatic N) is 4. The second kappa shape index (κ2) is 8.08. The Hall–Kier alpha value is -2.18. The zero-order valence-corrected chi connectivity index (χ0v) is 14.0. The zero-order valence-electron chi connectivity index (χ0n) is 14.0. The average molecular weight is 328 g/mol. The summed E-state index contributed by atoms with van der Waals surface area (Å²) >= 11 is 0. The van der Waals surface area contributed by atoms with E-state index in [2.05, 4.69) is 19.8 Å². The van der Waals surface area contributed by atoms with Gasteiger partial charge in [0, 0.05) is 45.0 Å². The Morgan fingerprint density at radius 1 is 1.12 bits per heavy atom. The van der Waals surface area contributed by atoms with Crippen LogP contribution in [-0.2, 0) is 6.61 Å². The molecule has 0 aliphatic carbocycles. The topological polar surface area (TPSA) is 61.7 Å². The number of aliphatic hydroxyl groups is 1. The van der Waals surface area contributed by atoms with Gasteiger partial charge in [0.05, 0.1) is 6.10 Å². The SMILES string of the molecule is C[C@@H](O)CN1CCN(c2nccc(OCc3ccccc3)n2)CC1. The smallest absolute Gasteiger partial charge is 0.228 e. The molecule has 0 unspecified atom stereocenters. The highest BCUT2D eigenvalue weighted by molar-refractivity contribution is 5.32. The fourth-order valence-electron chi connectivity index (χ4n) is 2.80. The van der Waals surface area contributed by atoms with Crippen LogP contribution in [0.25, 0.3) is 0 Å². The Labute approximate surface area is 142 Å². The van der Waals surface area contributed by atoms with Gasteiger partial charge in [-0.05, 0) is 12.5 Å². The van der Waals surface area contributed by atoms with Crippen molar-refractivity contribution in [1.29, 1.82) is 0 Å². The van der Waals surface area contributed by atoms with Crippen LogP contribution in [-0.4, -0.2) is 58.8 Å². The van der Waals surface area contributed by atoms with Gasteiger partial charge in [-0.3, -0.25) is 4.90 Å². The number of anilines is 1. The van der Waals surface area contributed by atoms with Crippen molar-refractivity contribution < 1.29 is 9.84 Å². The number of ether oxygens (including phenoxy) is 1. The summed E-state index contributed by atoms with van der Waals surface area (Å²) in [7, 11) is 0. The van der Waals surface area contributed by atoms with Gasteiger partial charge in [0.1, 0.15) is 6.61 Å². The number of rotatable bonds is 6. The van der Waals surface area contributed by atoms with Crippen LogP contribution in [0.15, 0.2) is 42.6 Å². The maximum absolute atomic E-state index is 9.48. The maximum Gasteiger partial charge on any atom is 0.228 e. The maximum atomic E-state index is 9.48. The Morgan fingerprint density at radius 3 is 2.58 bits per heavy atom. The van der Waals surface area contributed by atoms with Gasteiger partial charge in [-0.1, -0.05) is 30.3 Å². The molecule has 1 aliphatic rings. The van der Waals surface area contributed by atoms with Crippen molar-refractivity contribution in [2.45, 2.75) is 19.6 Å². The van der Waals surface area contributed by atoms with Crippen LogP contribution in [0.4, 0.5) is 5.95 Å². The number of hydrogen-bond acceptors (Lipinski definition) is 6. The lowest BCUT2D eigenvalue weighted by Gasteiger charge is -2.35. The molecule has 1 saturated heterocycles. The molecule has 24 heavy (non-hydrogen) atoms. The predicted molar refractivity (Wildman–Crippen MR) is 93.1 cm³/mol. The zero-order chi connectivity index (χ0) is 16.8. The minimum absolute atomic E-state index is 0.289. The molecular weight excluding hydrogens is 304 g/mol. The summed E-state index contributed by atoms with van der Waals surface area (Å²) < 4.78 is 5.78. The molecule has 6 nitrogen and oxygen atoms in total. The van der Waals surface area contributed by atoms with Crippen LogP contribution in [0.5, 0.6) is 5.88 Å². The number of aliphatic hydroxyl groups excluding tert-OH is 1. The van der Waals surface area contributed by atoms with E-state index in [0.717, 1.165) is 38.3 Å². The molecule has 0 radical (unpaired) electrons. The van der Waals surface area contributed by atoms with Gasteiger partial charge < -0.3 is 14.7 Å². The molecule has 1 aromatic heterocycles. The lowest BCUT2D eigenvalue weighted by atomic mass is 10.2. The molecule has 1 fully saturated rings. The molecule has 0 bridgehead atoms. The second-order valence-electron chi connectivity index (χ2n) is 6.11. The summed E-state index contributed by atoms with van der Waals surface area (Å²) in [5.41, 5.74) is 1.12. The minimum atomic E-state index is -0.289. The lowest BCUT2D eigenvalue weighted by Crippen LogP contribution is -2.48. The number of benzene rings is 1. The molecule has 128 valence electrons. The molecule has 0 amide bonds. The van der Waals surface area contributed by atoms with Crippen molar-refractivity contribution in [3.63, 3.8) is 0 Å². The van der Waals surface area contributed by atoms with Crippen molar-refractivity contribution in [2.75, 3.05) is 37.6 Å². The number of hydrogen-bond donors (Lipinski definition) is 1. The number of β-amino-alcohol motifs (C(OH)–C–C–N with tert-alkyl or cyclic N) is 1. The first-order chi connectivity index (χ1) is 11.7. The Kier molecular flexibility index (Phi) is 5.61. The Bertz CT molecular complexity index is 628. The van der Waals surface area contributed by atoms with Crippen molar-refractivity contribution >= 4 is 5.95 Å². The van der Waals surface area contributed by atoms with Crippen LogP contribution >= 0.6 is 0 Å². The quantitative estimate of drug-likeness (QED) is 0.868. The third kappa shape index (κ3) is 4.66.